The lowest BCUT2D eigenvalue weighted by Crippen LogP contribution is -2.12. The normalized spacial score (nSPS) is 11.7. The summed E-state index contributed by atoms with van der Waals surface area (Å²) in [5.74, 6) is -0.404. The van der Waals surface area contributed by atoms with Gasteiger partial charge in [-0.1, -0.05) is 6.92 Å². The second kappa shape index (κ2) is 5.92. The zero-order valence-electron chi connectivity index (χ0n) is 10.5. The first-order chi connectivity index (χ1) is 9.42. The minimum absolute atomic E-state index is 0.107. The molecule has 2 rings (SSSR count). The van der Waals surface area contributed by atoms with Crippen molar-refractivity contribution in [3.8, 4) is 0 Å². The Morgan fingerprint density at radius 3 is 2.60 bits per heavy atom. The van der Waals surface area contributed by atoms with Gasteiger partial charge in [0.05, 0.1) is 0 Å². The number of alkyl halides is 3. The highest BCUT2D eigenvalue weighted by atomic mass is 32.2. The molecule has 0 radical (unpaired) electrons. The molecule has 2 aromatic heterocycles. The van der Waals surface area contributed by atoms with Gasteiger partial charge >= 0.3 is 6.18 Å². The monoisotopic (exact) mass is 321 g/mol. The quantitative estimate of drug-likeness (QED) is 0.873. The SMILES string of the molecule is CCc1nsc(Sc2cc(NC)nc(C(F)(F)F)n2)n1. The topological polar surface area (TPSA) is 63.6 Å². The number of hydrogen-bond acceptors (Lipinski definition) is 7. The van der Waals surface area contributed by atoms with Crippen LogP contribution in [0.3, 0.4) is 0 Å². The first-order valence-electron chi connectivity index (χ1n) is 5.57. The predicted octanol–water partition coefficient (Wildman–Crippen LogP) is 3.10. The van der Waals surface area contributed by atoms with Gasteiger partial charge in [0, 0.05) is 19.5 Å². The molecular weight excluding hydrogens is 311 g/mol. The molecular formula is C10H10F3N5S2. The Morgan fingerprint density at radius 1 is 1.30 bits per heavy atom. The number of aromatic nitrogens is 4. The second-order valence-electron chi connectivity index (χ2n) is 3.59. The smallest absolute Gasteiger partial charge is 0.373 e. The molecule has 20 heavy (non-hydrogen) atoms. The fraction of sp³-hybridized carbons (Fsp3) is 0.400. The van der Waals surface area contributed by atoms with Crippen molar-refractivity contribution in [3.05, 3.63) is 17.7 Å². The number of hydrogen-bond donors (Lipinski definition) is 1. The molecule has 0 atom stereocenters. The molecule has 0 saturated heterocycles. The fourth-order valence-corrected chi connectivity index (χ4v) is 2.89. The van der Waals surface area contributed by atoms with E-state index in [-0.39, 0.29) is 10.8 Å². The van der Waals surface area contributed by atoms with Gasteiger partial charge in [0.25, 0.3) is 0 Å². The van der Waals surface area contributed by atoms with Crippen molar-refractivity contribution in [1.82, 2.24) is 19.3 Å². The highest BCUT2D eigenvalue weighted by Crippen LogP contribution is 2.32. The summed E-state index contributed by atoms with van der Waals surface area (Å²) in [6, 6.07) is 1.44. The summed E-state index contributed by atoms with van der Waals surface area (Å²) < 4.78 is 42.7. The van der Waals surface area contributed by atoms with E-state index < -0.39 is 12.0 Å². The third-order valence-electron chi connectivity index (χ3n) is 2.17. The van der Waals surface area contributed by atoms with E-state index in [1.54, 1.807) is 0 Å². The van der Waals surface area contributed by atoms with E-state index in [0.29, 0.717) is 16.6 Å². The van der Waals surface area contributed by atoms with Crippen LogP contribution in [0.1, 0.15) is 18.6 Å². The van der Waals surface area contributed by atoms with Crippen LogP contribution >= 0.6 is 23.3 Å². The van der Waals surface area contributed by atoms with E-state index in [1.165, 1.54) is 13.1 Å². The van der Waals surface area contributed by atoms with Crippen LogP contribution < -0.4 is 5.32 Å². The number of nitrogens with zero attached hydrogens (tertiary/aromatic N) is 4. The minimum Gasteiger partial charge on any atom is -0.373 e. The van der Waals surface area contributed by atoms with Gasteiger partial charge in [-0.25, -0.2) is 15.0 Å². The lowest BCUT2D eigenvalue weighted by molar-refractivity contribution is -0.145. The van der Waals surface area contributed by atoms with Crippen molar-refractivity contribution >= 4 is 29.1 Å². The van der Waals surface area contributed by atoms with Crippen molar-refractivity contribution < 1.29 is 13.2 Å². The Bertz CT molecular complexity index is 599. The van der Waals surface area contributed by atoms with Gasteiger partial charge < -0.3 is 5.32 Å². The molecule has 0 aromatic carbocycles. The van der Waals surface area contributed by atoms with Crippen LogP contribution in [0.25, 0.3) is 0 Å². The van der Waals surface area contributed by atoms with Crippen molar-refractivity contribution in [3.63, 3.8) is 0 Å². The molecule has 5 nitrogen and oxygen atoms in total. The zero-order valence-corrected chi connectivity index (χ0v) is 12.2. The van der Waals surface area contributed by atoms with Crippen LogP contribution in [0.2, 0.25) is 0 Å². The molecule has 0 saturated carbocycles. The van der Waals surface area contributed by atoms with Gasteiger partial charge in [-0.3, -0.25) is 0 Å². The van der Waals surface area contributed by atoms with E-state index >= 15 is 0 Å². The van der Waals surface area contributed by atoms with E-state index in [1.807, 2.05) is 6.92 Å². The highest BCUT2D eigenvalue weighted by molar-refractivity contribution is 8.00. The molecule has 0 fully saturated rings. The first-order valence-corrected chi connectivity index (χ1v) is 7.16. The van der Waals surface area contributed by atoms with Crippen molar-refractivity contribution in [1.29, 1.82) is 0 Å². The summed E-state index contributed by atoms with van der Waals surface area (Å²) in [5, 5.41) is 2.76. The summed E-state index contributed by atoms with van der Waals surface area (Å²) in [4.78, 5) is 11.1. The Balaban J connectivity index is 2.31. The third-order valence-corrected chi connectivity index (χ3v) is 3.88. The van der Waals surface area contributed by atoms with Crippen LogP contribution in [-0.4, -0.2) is 26.4 Å². The molecule has 1 N–H and O–H groups in total. The van der Waals surface area contributed by atoms with Gasteiger partial charge in [0.15, 0.2) is 4.34 Å². The molecule has 0 aliphatic carbocycles. The molecule has 0 amide bonds. The summed E-state index contributed by atoms with van der Waals surface area (Å²) in [5.41, 5.74) is 0. The summed E-state index contributed by atoms with van der Waals surface area (Å²) in [7, 11) is 1.50. The molecule has 0 aliphatic heterocycles. The second-order valence-corrected chi connectivity index (χ2v) is 5.61. The van der Waals surface area contributed by atoms with Gasteiger partial charge in [-0.15, -0.1) is 0 Å². The number of nitrogens with one attached hydrogen (secondary N) is 1. The molecule has 0 aliphatic rings. The Labute approximate surface area is 121 Å². The Kier molecular flexibility index (Phi) is 4.43. The molecule has 2 heterocycles. The molecule has 2 aromatic rings. The molecule has 10 heteroatoms. The third kappa shape index (κ3) is 3.57. The van der Waals surface area contributed by atoms with Gasteiger partial charge in [-0.2, -0.15) is 17.5 Å². The average molecular weight is 321 g/mol. The molecule has 0 spiro atoms. The highest BCUT2D eigenvalue weighted by Gasteiger charge is 2.35. The van der Waals surface area contributed by atoms with Crippen molar-refractivity contribution in [2.75, 3.05) is 12.4 Å². The average Bonchev–Trinajstić information content (AvgIpc) is 2.85. The Hall–Kier alpha value is -1.42. The van der Waals surface area contributed by atoms with Crippen LogP contribution in [0, 0.1) is 0 Å². The van der Waals surface area contributed by atoms with Gasteiger partial charge in [0.2, 0.25) is 5.82 Å². The van der Waals surface area contributed by atoms with Crippen LogP contribution in [0.5, 0.6) is 0 Å². The Morgan fingerprint density at radius 2 is 2.05 bits per heavy atom. The van der Waals surface area contributed by atoms with E-state index in [0.717, 1.165) is 23.3 Å². The molecule has 0 bridgehead atoms. The van der Waals surface area contributed by atoms with Crippen LogP contribution in [-0.2, 0) is 12.6 Å². The summed E-state index contributed by atoms with van der Waals surface area (Å²) in [6.45, 7) is 1.90. The van der Waals surface area contributed by atoms with E-state index in [4.69, 9.17) is 0 Å². The maximum absolute atomic E-state index is 12.7. The maximum atomic E-state index is 12.7. The lowest BCUT2D eigenvalue weighted by Gasteiger charge is -2.08. The number of rotatable bonds is 4. The van der Waals surface area contributed by atoms with Crippen molar-refractivity contribution in [2.45, 2.75) is 28.9 Å². The fourth-order valence-electron chi connectivity index (χ4n) is 1.24. The summed E-state index contributed by atoms with van der Waals surface area (Å²) in [6.07, 6.45) is -3.91. The van der Waals surface area contributed by atoms with Gasteiger partial charge in [-0.05, 0) is 23.3 Å². The van der Waals surface area contributed by atoms with Crippen molar-refractivity contribution in [2.24, 2.45) is 0 Å². The number of aryl methyl sites for hydroxylation is 1. The summed E-state index contributed by atoms with van der Waals surface area (Å²) >= 11 is 2.17. The number of anilines is 1. The standard InChI is InChI=1S/C10H10F3N5S2/c1-3-5-16-9(20-18-5)19-7-4-6(14-2)15-8(17-7)10(11,12)13/h4H,3H2,1-2H3,(H,14,15,17). The number of halogens is 3. The lowest BCUT2D eigenvalue weighted by atomic mass is 10.5. The molecule has 0 unspecified atom stereocenters. The van der Waals surface area contributed by atoms with Crippen LogP contribution in [0.4, 0.5) is 19.0 Å². The predicted molar refractivity (Wildman–Crippen MR) is 70.0 cm³/mol. The maximum Gasteiger partial charge on any atom is 0.451 e. The van der Waals surface area contributed by atoms with Gasteiger partial charge in [0.1, 0.15) is 16.7 Å². The first kappa shape index (κ1) is 15.0. The zero-order chi connectivity index (χ0) is 14.8. The van der Waals surface area contributed by atoms with E-state index in [9.17, 15) is 13.2 Å². The van der Waals surface area contributed by atoms with E-state index in [2.05, 4.69) is 24.6 Å². The minimum atomic E-state index is -4.59. The largest absolute Gasteiger partial charge is 0.451 e. The van der Waals surface area contributed by atoms with Crippen LogP contribution in [0.15, 0.2) is 15.4 Å². The molecule has 108 valence electrons.